The van der Waals surface area contributed by atoms with E-state index >= 15 is 0 Å². The molecule has 0 aliphatic rings. The van der Waals surface area contributed by atoms with Crippen LogP contribution in [0.5, 0.6) is 0 Å². The molecule has 0 atom stereocenters. The van der Waals surface area contributed by atoms with Gasteiger partial charge in [-0.05, 0) is 31.0 Å². The van der Waals surface area contributed by atoms with Gasteiger partial charge in [0.2, 0.25) is 0 Å². The maximum Gasteiger partial charge on any atom is 0.356 e. The third-order valence-corrected chi connectivity index (χ3v) is 2.94. The predicted molar refractivity (Wildman–Crippen MR) is 71.5 cm³/mol. The van der Waals surface area contributed by atoms with E-state index in [1.807, 2.05) is 10.7 Å². The molecule has 0 unspecified atom stereocenters. The molecule has 19 heavy (non-hydrogen) atoms. The van der Waals surface area contributed by atoms with E-state index in [9.17, 15) is 4.79 Å². The van der Waals surface area contributed by atoms with Crippen LogP contribution in [0.25, 0.3) is 5.69 Å². The Kier molecular flexibility index (Phi) is 3.94. The van der Waals surface area contributed by atoms with Crippen molar-refractivity contribution in [2.45, 2.75) is 26.7 Å². The van der Waals surface area contributed by atoms with Crippen LogP contribution in [-0.2, 0) is 17.6 Å². The van der Waals surface area contributed by atoms with Crippen LogP contribution in [0.15, 0.2) is 24.4 Å². The molecule has 0 radical (unpaired) electrons. The second kappa shape index (κ2) is 5.65. The normalized spacial score (nSPS) is 10.5. The quantitative estimate of drug-likeness (QED) is 0.790. The number of pyridine rings is 1. The molecule has 0 spiro atoms. The van der Waals surface area contributed by atoms with E-state index in [2.05, 4.69) is 34.7 Å². The van der Waals surface area contributed by atoms with Crippen LogP contribution in [0.4, 0.5) is 0 Å². The van der Waals surface area contributed by atoms with E-state index in [0.29, 0.717) is 0 Å². The molecular weight excluding hydrogens is 242 g/mol. The summed E-state index contributed by atoms with van der Waals surface area (Å²) >= 11 is 0. The number of carbonyl (C=O) groups excluding carboxylic acids is 1. The maximum atomic E-state index is 11.5. The highest BCUT2D eigenvalue weighted by Crippen LogP contribution is 2.14. The molecule has 2 rings (SSSR count). The number of aromatic nitrogens is 3. The number of hydrogen-bond donors (Lipinski definition) is 0. The Hall–Kier alpha value is -2.17. The molecule has 0 saturated heterocycles. The summed E-state index contributed by atoms with van der Waals surface area (Å²) < 4.78 is 6.53. The fraction of sp³-hybridized carbons (Fsp3) is 0.357. The topological polar surface area (TPSA) is 57.0 Å². The Balaban J connectivity index is 2.46. The second-order valence-corrected chi connectivity index (χ2v) is 4.14. The van der Waals surface area contributed by atoms with Gasteiger partial charge in [-0.3, -0.25) is 0 Å². The highest BCUT2D eigenvalue weighted by atomic mass is 16.5. The zero-order valence-corrected chi connectivity index (χ0v) is 11.4. The minimum absolute atomic E-state index is 0.288. The van der Waals surface area contributed by atoms with Crippen molar-refractivity contribution in [1.29, 1.82) is 0 Å². The minimum atomic E-state index is -0.442. The standard InChI is InChI=1S/C14H17N3O2/c1-4-10-8-11(5-2)17(16-10)12-6-7-15-13(9-12)14(18)19-3/h6-9H,4-5H2,1-3H3. The molecule has 5 nitrogen and oxygen atoms in total. The Morgan fingerprint density at radius 3 is 2.74 bits per heavy atom. The largest absolute Gasteiger partial charge is 0.464 e. The molecule has 2 aromatic heterocycles. The number of esters is 1. The van der Waals surface area contributed by atoms with Gasteiger partial charge in [0.05, 0.1) is 18.5 Å². The van der Waals surface area contributed by atoms with Gasteiger partial charge in [-0.1, -0.05) is 13.8 Å². The van der Waals surface area contributed by atoms with E-state index in [-0.39, 0.29) is 5.69 Å². The van der Waals surface area contributed by atoms with Crippen LogP contribution in [0, 0.1) is 0 Å². The first-order valence-electron chi connectivity index (χ1n) is 6.32. The molecule has 100 valence electrons. The third-order valence-electron chi connectivity index (χ3n) is 2.94. The Morgan fingerprint density at radius 1 is 1.32 bits per heavy atom. The monoisotopic (exact) mass is 259 g/mol. The predicted octanol–water partition coefficient (Wildman–Crippen LogP) is 2.18. The van der Waals surface area contributed by atoms with E-state index < -0.39 is 5.97 Å². The maximum absolute atomic E-state index is 11.5. The summed E-state index contributed by atoms with van der Waals surface area (Å²) in [6.07, 6.45) is 3.35. The van der Waals surface area contributed by atoms with Crippen molar-refractivity contribution in [3.05, 3.63) is 41.5 Å². The van der Waals surface area contributed by atoms with Crippen molar-refractivity contribution < 1.29 is 9.53 Å². The number of hydrogen-bond acceptors (Lipinski definition) is 4. The van der Waals surface area contributed by atoms with Crippen molar-refractivity contribution in [1.82, 2.24) is 14.8 Å². The summed E-state index contributed by atoms with van der Waals surface area (Å²) in [6, 6.07) is 5.60. The molecule has 0 amide bonds. The van der Waals surface area contributed by atoms with Gasteiger partial charge < -0.3 is 4.74 Å². The Morgan fingerprint density at radius 2 is 2.11 bits per heavy atom. The summed E-state index contributed by atoms with van der Waals surface area (Å²) in [5.41, 5.74) is 3.26. The molecule has 0 aromatic carbocycles. The minimum Gasteiger partial charge on any atom is -0.464 e. The lowest BCUT2D eigenvalue weighted by Crippen LogP contribution is -2.07. The lowest BCUT2D eigenvalue weighted by atomic mass is 10.2. The number of carbonyl (C=O) groups is 1. The van der Waals surface area contributed by atoms with Crippen LogP contribution in [0.1, 0.15) is 35.7 Å². The van der Waals surface area contributed by atoms with Gasteiger partial charge in [0.15, 0.2) is 0 Å². The van der Waals surface area contributed by atoms with Crippen LogP contribution in [-0.4, -0.2) is 27.8 Å². The SMILES string of the molecule is CCc1cc(CC)n(-c2ccnc(C(=O)OC)c2)n1. The molecule has 2 aromatic rings. The molecule has 5 heteroatoms. The lowest BCUT2D eigenvalue weighted by molar-refractivity contribution is 0.0594. The Bertz CT molecular complexity index is 590. The van der Waals surface area contributed by atoms with E-state index in [1.165, 1.54) is 7.11 Å². The molecule has 0 saturated carbocycles. The van der Waals surface area contributed by atoms with Crippen LogP contribution in [0.3, 0.4) is 0 Å². The van der Waals surface area contributed by atoms with E-state index in [0.717, 1.165) is 29.9 Å². The van der Waals surface area contributed by atoms with Crippen molar-refractivity contribution in [3.63, 3.8) is 0 Å². The lowest BCUT2D eigenvalue weighted by Gasteiger charge is -2.06. The van der Waals surface area contributed by atoms with Crippen LogP contribution in [0.2, 0.25) is 0 Å². The Labute approximate surface area is 112 Å². The number of ether oxygens (including phenoxy) is 1. The average Bonchev–Trinajstić information content (AvgIpc) is 2.90. The molecule has 2 heterocycles. The molecule has 0 bridgehead atoms. The first-order chi connectivity index (χ1) is 9.19. The summed E-state index contributed by atoms with van der Waals surface area (Å²) in [5.74, 6) is -0.442. The average molecular weight is 259 g/mol. The van der Waals surface area contributed by atoms with Gasteiger partial charge in [-0.2, -0.15) is 5.10 Å². The molecule has 0 fully saturated rings. The van der Waals surface area contributed by atoms with Crippen molar-refractivity contribution in [2.24, 2.45) is 0 Å². The van der Waals surface area contributed by atoms with E-state index in [1.54, 1.807) is 12.3 Å². The van der Waals surface area contributed by atoms with Gasteiger partial charge >= 0.3 is 5.97 Å². The zero-order chi connectivity index (χ0) is 13.8. The number of rotatable bonds is 4. The van der Waals surface area contributed by atoms with E-state index in [4.69, 9.17) is 0 Å². The van der Waals surface area contributed by atoms with Crippen molar-refractivity contribution in [3.8, 4) is 5.69 Å². The molecule has 0 aliphatic carbocycles. The fourth-order valence-electron chi connectivity index (χ4n) is 1.89. The zero-order valence-electron chi connectivity index (χ0n) is 11.4. The number of aryl methyl sites for hydroxylation is 2. The summed E-state index contributed by atoms with van der Waals surface area (Å²) in [6.45, 7) is 4.15. The first kappa shape index (κ1) is 13.3. The van der Waals surface area contributed by atoms with Crippen molar-refractivity contribution in [2.75, 3.05) is 7.11 Å². The van der Waals surface area contributed by atoms with Gasteiger partial charge in [-0.25, -0.2) is 14.5 Å². The van der Waals surface area contributed by atoms with Gasteiger partial charge in [0.1, 0.15) is 5.69 Å². The van der Waals surface area contributed by atoms with Gasteiger partial charge in [0.25, 0.3) is 0 Å². The summed E-state index contributed by atoms with van der Waals surface area (Å²) in [5, 5.41) is 4.53. The van der Waals surface area contributed by atoms with Gasteiger partial charge in [0, 0.05) is 11.9 Å². The number of nitrogens with zero attached hydrogens (tertiary/aromatic N) is 3. The molecule has 0 N–H and O–H groups in total. The second-order valence-electron chi connectivity index (χ2n) is 4.14. The highest BCUT2D eigenvalue weighted by Gasteiger charge is 2.11. The summed E-state index contributed by atoms with van der Waals surface area (Å²) in [4.78, 5) is 15.5. The van der Waals surface area contributed by atoms with Crippen molar-refractivity contribution >= 4 is 5.97 Å². The highest BCUT2D eigenvalue weighted by molar-refractivity contribution is 5.87. The smallest absolute Gasteiger partial charge is 0.356 e. The van der Waals surface area contributed by atoms with Crippen LogP contribution >= 0.6 is 0 Å². The first-order valence-corrected chi connectivity index (χ1v) is 6.32. The van der Waals surface area contributed by atoms with Gasteiger partial charge in [-0.15, -0.1) is 0 Å². The number of methoxy groups -OCH3 is 1. The van der Waals surface area contributed by atoms with Crippen LogP contribution < -0.4 is 0 Å². The third kappa shape index (κ3) is 2.65. The summed E-state index contributed by atoms with van der Waals surface area (Å²) in [7, 11) is 1.34. The molecule has 0 aliphatic heterocycles. The molecular formula is C14H17N3O2. The fourth-order valence-corrected chi connectivity index (χ4v) is 1.89.